The van der Waals surface area contributed by atoms with Gasteiger partial charge in [-0.25, -0.2) is 4.79 Å². The Morgan fingerprint density at radius 1 is 1.38 bits per heavy atom. The minimum Gasteiger partial charge on any atom is -0.478 e. The Morgan fingerprint density at radius 2 is 2.12 bits per heavy atom. The van der Waals surface area contributed by atoms with Gasteiger partial charge >= 0.3 is 5.97 Å². The highest BCUT2D eigenvalue weighted by Crippen LogP contribution is 2.18. The number of hydrogen-bond donors (Lipinski definition) is 2. The second kappa shape index (κ2) is 4.00. The quantitative estimate of drug-likeness (QED) is 0.737. The predicted octanol–water partition coefficient (Wildman–Crippen LogP) is 0.855. The summed E-state index contributed by atoms with van der Waals surface area (Å²) in [5.41, 5.74) is 6.07. The number of aromatic carboxylic acids is 1. The van der Waals surface area contributed by atoms with E-state index in [2.05, 4.69) is 0 Å². The summed E-state index contributed by atoms with van der Waals surface area (Å²) in [4.78, 5) is 22.9. The van der Waals surface area contributed by atoms with Crippen LogP contribution in [0.4, 0.5) is 5.69 Å². The van der Waals surface area contributed by atoms with Crippen molar-refractivity contribution >= 4 is 11.7 Å². The van der Waals surface area contributed by atoms with Crippen LogP contribution in [-0.4, -0.2) is 15.6 Å². The maximum absolute atomic E-state index is 11.8. The molecular weight excluding hydrogens is 208 g/mol. The molecule has 0 fully saturated rings. The molecule has 0 atom stereocenters. The minimum absolute atomic E-state index is 0.0167. The summed E-state index contributed by atoms with van der Waals surface area (Å²) < 4.78 is 1.52. The second-order valence-corrected chi connectivity index (χ2v) is 4.03. The molecule has 0 aliphatic carbocycles. The molecule has 1 aliphatic heterocycles. The van der Waals surface area contributed by atoms with Crippen molar-refractivity contribution in [2.75, 3.05) is 5.73 Å². The van der Waals surface area contributed by atoms with Gasteiger partial charge in [-0.15, -0.1) is 0 Å². The minimum atomic E-state index is -1.02. The lowest BCUT2D eigenvalue weighted by molar-refractivity contribution is 0.0694. The average molecular weight is 222 g/mol. The molecule has 0 spiro atoms. The lowest BCUT2D eigenvalue weighted by Crippen LogP contribution is -2.27. The van der Waals surface area contributed by atoms with Gasteiger partial charge in [-0.05, 0) is 25.3 Å². The molecule has 2 rings (SSSR count). The lowest BCUT2D eigenvalue weighted by atomic mass is 10.1. The number of nitrogen functional groups attached to an aromatic ring is 1. The lowest BCUT2D eigenvalue weighted by Gasteiger charge is -2.12. The van der Waals surface area contributed by atoms with Gasteiger partial charge in [0.15, 0.2) is 0 Å². The van der Waals surface area contributed by atoms with Gasteiger partial charge in [0.25, 0.3) is 5.56 Å². The second-order valence-electron chi connectivity index (χ2n) is 4.03. The van der Waals surface area contributed by atoms with Crippen molar-refractivity contribution in [1.29, 1.82) is 0 Å². The van der Waals surface area contributed by atoms with E-state index in [-0.39, 0.29) is 16.8 Å². The van der Waals surface area contributed by atoms with Crippen LogP contribution in [0, 0.1) is 0 Å². The smallest absolute Gasteiger partial charge is 0.337 e. The first-order valence-corrected chi connectivity index (χ1v) is 5.36. The van der Waals surface area contributed by atoms with Gasteiger partial charge in [0.05, 0.1) is 11.3 Å². The van der Waals surface area contributed by atoms with E-state index >= 15 is 0 Å². The van der Waals surface area contributed by atoms with Crippen LogP contribution in [0.2, 0.25) is 0 Å². The Bertz CT molecular complexity index is 491. The van der Waals surface area contributed by atoms with E-state index in [9.17, 15) is 9.59 Å². The first-order chi connectivity index (χ1) is 7.61. The van der Waals surface area contributed by atoms with Crippen LogP contribution in [0.15, 0.2) is 10.9 Å². The van der Waals surface area contributed by atoms with Crippen LogP contribution < -0.4 is 11.3 Å². The first-order valence-electron chi connectivity index (χ1n) is 5.36. The van der Waals surface area contributed by atoms with E-state index in [1.54, 1.807) is 0 Å². The third-order valence-electron chi connectivity index (χ3n) is 2.95. The maximum atomic E-state index is 11.8. The molecule has 86 valence electrons. The van der Waals surface area contributed by atoms with E-state index in [0.29, 0.717) is 18.7 Å². The number of aromatic nitrogens is 1. The molecule has 16 heavy (non-hydrogen) atoms. The zero-order valence-corrected chi connectivity index (χ0v) is 8.90. The fraction of sp³-hybridized carbons (Fsp3) is 0.455. The number of nitrogens with zero attached hydrogens (tertiary/aromatic N) is 1. The molecule has 0 aromatic carbocycles. The number of anilines is 1. The van der Waals surface area contributed by atoms with E-state index in [1.165, 1.54) is 10.6 Å². The fourth-order valence-electron chi connectivity index (χ4n) is 2.15. The van der Waals surface area contributed by atoms with E-state index < -0.39 is 5.97 Å². The Morgan fingerprint density at radius 3 is 2.81 bits per heavy atom. The van der Waals surface area contributed by atoms with Crippen LogP contribution in [0.5, 0.6) is 0 Å². The van der Waals surface area contributed by atoms with E-state index in [4.69, 9.17) is 10.8 Å². The zero-order chi connectivity index (χ0) is 11.7. The van der Waals surface area contributed by atoms with Gasteiger partial charge in [-0.2, -0.15) is 0 Å². The van der Waals surface area contributed by atoms with Crippen molar-refractivity contribution in [2.45, 2.75) is 32.2 Å². The van der Waals surface area contributed by atoms with E-state index in [0.717, 1.165) is 19.3 Å². The highest BCUT2D eigenvalue weighted by atomic mass is 16.4. The number of nitrogens with two attached hydrogens (primary N) is 1. The van der Waals surface area contributed by atoms with Gasteiger partial charge < -0.3 is 15.4 Å². The molecule has 2 heterocycles. The van der Waals surface area contributed by atoms with Gasteiger partial charge in [0.2, 0.25) is 0 Å². The SMILES string of the molecule is Nc1cc(C(=O)O)c2n(c1=O)CCCCC2. The van der Waals surface area contributed by atoms with Gasteiger partial charge in [-0.3, -0.25) is 4.79 Å². The zero-order valence-electron chi connectivity index (χ0n) is 8.90. The van der Waals surface area contributed by atoms with Gasteiger partial charge in [0, 0.05) is 12.2 Å². The number of fused-ring (bicyclic) bond motifs is 1. The Balaban J connectivity index is 2.69. The third kappa shape index (κ3) is 1.68. The molecule has 0 saturated carbocycles. The molecule has 1 aromatic rings. The molecule has 0 unspecified atom stereocenters. The number of carboxylic acid groups (broad SMARTS) is 1. The Kier molecular flexibility index (Phi) is 2.68. The van der Waals surface area contributed by atoms with Crippen molar-refractivity contribution in [1.82, 2.24) is 4.57 Å². The topological polar surface area (TPSA) is 85.3 Å². The Hall–Kier alpha value is -1.78. The summed E-state index contributed by atoms with van der Waals surface area (Å²) in [6, 6.07) is 1.28. The monoisotopic (exact) mass is 222 g/mol. The van der Waals surface area contributed by atoms with Crippen molar-refractivity contribution in [3.8, 4) is 0 Å². The maximum Gasteiger partial charge on any atom is 0.337 e. The normalized spacial score (nSPS) is 15.2. The molecular formula is C11H14N2O3. The van der Waals surface area contributed by atoms with Crippen molar-refractivity contribution < 1.29 is 9.90 Å². The number of pyridine rings is 1. The molecule has 1 aromatic heterocycles. The summed E-state index contributed by atoms with van der Waals surface area (Å²) in [6.07, 6.45) is 3.47. The predicted molar refractivity (Wildman–Crippen MR) is 59.6 cm³/mol. The highest BCUT2D eigenvalue weighted by molar-refractivity contribution is 5.89. The number of rotatable bonds is 1. The summed E-state index contributed by atoms with van der Waals surface area (Å²) in [5.74, 6) is -1.02. The van der Waals surface area contributed by atoms with Crippen LogP contribution in [0.25, 0.3) is 0 Å². The molecule has 0 bridgehead atoms. The first kappa shape index (κ1) is 10.7. The van der Waals surface area contributed by atoms with Gasteiger partial charge in [-0.1, -0.05) is 6.42 Å². The summed E-state index contributed by atoms with van der Waals surface area (Å²) in [5, 5.41) is 9.08. The highest BCUT2D eigenvalue weighted by Gasteiger charge is 2.19. The van der Waals surface area contributed by atoms with Crippen LogP contribution in [0.3, 0.4) is 0 Å². The molecule has 5 nitrogen and oxygen atoms in total. The fourth-order valence-corrected chi connectivity index (χ4v) is 2.15. The summed E-state index contributed by atoms with van der Waals surface area (Å²) >= 11 is 0. The van der Waals surface area contributed by atoms with E-state index in [1.807, 2.05) is 0 Å². The number of carboxylic acids is 1. The molecule has 0 amide bonds. The standard InChI is InChI=1S/C11H14N2O3/c12-8-6-7(11(15)16)9-4-2-1-3-5-13(9)10(8)14/h6H,1-5,12H2,(H,15,16). The molecule has 5 heteroatoms. The molecule has 3 N–H and O–H groups in total. The molecule has 0 saturated heterocycles. The third-order valence-corrected chi connectivity index (χ3v) is 2.95. The van der Waals surface area contributed by atoms with Crippen LogP contribution in [0.1, 0.15) is 35.3 Å². The van der Waals surface area contributed by atoms with Crippen molar-refractivity contribution in [2.24, 2.45) is 0 Å². The Labute approximate surface area is 92.5 Å². The number of hydrogen-bond acceptors (Lipinski definition) is 3. The molecule has 0 radical (unpaired) electrons. The van der Waals surface area contributed by atoms with Crippen molar-refractivity contribution in [3.63, 3.8) is 0 Å². The average Bonchev–Trinajstić information content (AvgIpc) is 2.48. The summed E-state index contributed by atoms with van der Waals surface area (Å²) in [6.45, 7) is 0.569. The van der Waals surface area contributed by atoms with Crippen LogP contribution in [-0.2, 0) is 13.0 Å². The number of carbonyl (C=O) groups is 1. The largest absolute Gasteiger partial charge is 0.478 e. The van der Waals surface area contributed by atoms with Crippen molar-refractivity contribution in [3.05, 3.63) is 27.7 Å². The van der Waals surface area contributed by atoms with Gasteiger partial charge in [0.1, 0.15) is 0 Å². The molecule has 1 aliphatic rings. The van der Waals surface area contributed by atoms with Crippen LogP contribution >= 0.6 is 0 Å². The summed E-state index contributed by atoms with van der Waals surface area (Å²) in [7, 11) is 0.